The lowest BCUT2D eigenvalue weighted by atomic mass is 10.2. The predicted octanol–water partition coefficient (Wildman–Crippen LogP) is 4.12. The van der Waals surface area contributed by atoms with E-state index in [1.165, 1.54) is 0 Å². The highest BCUT2D eigenvalue weighted by Crippen LogP contribution is 2.24. The zero-order valence-corrected chi connectivity index (χ0v) is 11.8. The number of aromatic hydroxyl groups is 1. The van der Waals surface area contributed by atoms with Crippen molar-refractivity contribution < 1.29 is 9.84 Å². The molecule has 0 atom stereocenters. The van der Waals surface area contributed by atoms with Gasteiger partial charge >= 0.3 is 0 Å². The van der Waals surface area contributed by atoms with Gasteiger partial charge in [0, 0.05) is 23.0 Å². The third-order valence-corrected chi connectivity index (χ3v) is 3.57. The van der Waals surface area contributed by atoms with Crippen molar-refractivity contribution >= 4 is 22.5 Å². The zero-order valence-electron chi connectivity index (χ0n) is 11.0. The van der Waals surface area contributed by atoms with E-state index in [1.807, 2.05) is 25.2 Å². The molecule has 1 heterocycles. The molecule has 0 radical (unpaired) electrons. The zero-order chi connectivity index (χ0) is 14.1. The lowest BCUT2D eigenvalue weighted by Gasteiger charge is -2.07. The largest absolute Gasteiger partial charge is 0.508 e. The Labute approximate surface area is 122 Å². The fourth-order valence-electron chi connectivity index (χ4n) is 2.20. The summed E-state index contributed by atoms with van der Waals surface area (Å²) in [7, 11) is 1.99. The average Bonchev–Trinajstić information content (AvgIpc) is 2.75. The molecule has 0 saturated heterocycles. The second-order valence-corrected chi connectivity index (χ2v) is 5.12. The van der Waals surface area contributed by atoms with Gasteiger partial charge in [-0.1, -0.05) is 17.7 Å². The molecular weight excluding hydrogens is 274 g/mol. The number of hydrogen-bond acceptors (Lipinski definition) is 2. The first-order valence-electron chi connectivity index (χ1n) is 6.29. The Bertz CT molecular complexity index is 747. The maximum atomic E-state index is 9.24. The van der Waals surface area contributed by atoms with Gasteiger partial charge in [-0.25, -0.2) is 0 Å². The van der Waals surface area contributed by atoms with E-state index in [1.54, 1.807) is 24.3 Å². The van der Waals surface area contributed by atoms with E-state index >= 15 is 0 Å². The van der Waals surface area contributed by atoms with Crippen molar-refractivity contribution in [1.29, 1.82) is 0 Å². The van der Waals surface area contributed by atoms with Crippen molar-refractivity contribution in [3.05, 3.63) is 59.2 Å². The molecule has 0 spiro atoms. The maximum Gasteiger partial charge on any atom is 0.128 e. The molecule has 0 aliphatic heterocycles. The summed E-state index contributed by atoms with van der Waals surface area (Å²) in [5, 5.41) is 11.1. The van der Waals surface area contributed by atoms with Crippen molar-refractivity contribution in [3.8, 4) is 11.5 Å². The van der Waals surface area contributed by atoms with Crippen LogP contribution in [0.25, 0.3) is 10.9 Å². The molecule has 4 heteroatoms. The van der Waals surface area contributed by atoms with E-state index in [-0.39, 0.29) is 5.75 Å². The van der Waals surface area contributed by atoms with E-state index in [2.05, 4.69) is 10.6 Å². The molecule has 2 aromatic carbocycles. The molecule has 1 N–H and O–H groups in total. The van der Waals surface area contributed by atoms with Gasteiger partial charge in [-0.3, -0.25) is 0 Å². The van der Waals surface area contributed by atoms with Crippen LogP contribution >= 0.6 is 11.6 Å². The van der Waals surface area contributed by atoms with E-state index < -0.39 is 0 Å². The highest BCUT2D eigenvalue weighted by atomic mass is 35.5. The van der Waals surface area contributed by atoms with Crippen LogP contribution in [0.1, 0.15) is 5.69 Å². The van der Waals surface area contributed by atoms with Crippen LogP contribution < -0.4 is 4.74 Å². The van der Waals surface area contributed by atoms with Crippen LogP contribution in [0, 0.1) is 0 Å². The Balaban J connectivity index is 1.84. The Kier molecular flexibility index (Phi) is 3.28. The Hall–Kier alpha value is -2.13. The molecule has 3 nitrogen and oxygen atoms in total. The summed E-state index contributed by atoms with van der Waals surface area (Å²) >= 11 is 6.02. The average molecular weight is 288 g/mol. The highest BCUT2D eigenvalue weighted by Gasteiger charge is 2.07. The highest BCUT2D eigenvalue weighted by molar-refractivity contribution is 6.31. The molecule has 0 fully saturated rings. The molecule has 20 heavy (non-hydrogen) atoms. The summed E-state index contributed by atoms with van der Waals surface area (Å²) in [5.74, 6) is 0.961. The molecule has 3 rings (SSSR count). The van der Waals surface area contributed by atoms with E-state index in [0.29, 0.717) is 6.61 Å². The van der Waals surface area contributed by atoms with Crippen molar-refractivity contribution in [2.45, 2.75) is 6.61 Å². The fourth-order valence-corrected chi connectivity index (χ4v) is 2.36. The summed E-state index contributed by atoms with van der Waals surface area (Å²) in [6.07, 6.45) is 0. The van der Waals surface area contributed by atoms with Crippen LogP contribution in [0.2, 0.25) is 5.02 Å². The lowest BCUT2D eigenvalue weighted by molar-refractivity contribution is 0.297. The first-order valence-corrected chi connectivity index (χ1v) is 6.67. The van der Waals surface area contributed by atoms with Gasteiger partial charge < -0.3 is 14.4 Å². The van der Waals surface area contributed by atoms with Crippen molar-refractivity contribution in [2.24, 2.45) is 7.05 Å². The number of phenols is 1. The van der Waals surface area contributed by atoms with Gasteiger partial charge in [0.05, 0.1) is 5.69 Å². The quantitative estimate of drug-likeness (QED) is 0.786. The van der Waals surface area contributed by atoms with Gasteiger partial charge in [0.25, 0.3) is 0 Å². The van der Waals surface area contributed by atoms with E-state index in [0.717, 1.165) is 27.4 Å². The minimum atomic E-state index is 0.233. The molecule has 0 saturated carbocycles. The van der Waals surface area contributed by atoms with Crippen LogP contribution in [0.3, 0.4) is 0 Å². The van der Waals surface area contributed by atoms with Crippen LogP contribution in [0.4, 0.5) is 0 Å². The molecular formula is C16H14ClNO2. The summed E-state index contributed by atoms with van der Waals surface area (Å²) in [5.41, 5.74) is 2.15. The minimum Gasteiger partial charge on any atom is -0.508 e. The van der Waals surface area contributed by atoms with Crippen LogP contribution in [0.15, 0.2) is 48.5 Å². The molecule has 102 valence electrons. The summed E-state index contributed by atoms with van der Waals surface area (Å²) < 4.78 is 7.79. The fraction of sp³-hybridized carbons (Fsp3) is 0.125. The third-order valence-electron chi connectivity index (χ3n) is 3.33. The summed E-state index contributed by atoms with van der Waals surface area (Å²) in [6.45, 7) is 0.466. The molecule has 0 aliphatic carbocycles. The predicted molar refractivity (Wildman–Crippen MR) is 80.4 cm³/mol. The normalized spacial score (nSPS) is 10.9. The van der Waals surface area contributed by atoms with Crippen molar-refractivity contribution in [2.75, 3.05) is 0 Å². The summed E-state index contributed by atoms with van der Waals surface area (Å²) in [4.78, 5) is 0. The topological polar surface area (TPSA) is 34.4 Å². The number of aromatic nitrogens is 1. The Morgan fingerprint density at radius 1 is 1.10 bits per heavy atom. The monoisotopic (exact) mass is 287 g/mol. The van der Waals surface area contributed by atoms with E-state index in [9.17, 15) is 5.11 Å². The number of rotatable bonds is 3. The van der Waals surface area contributed by atoms with Gasteiger partial charge in [0.1, 0.15) is 18.1 Å². The van der Waals surface area contributed by atoms with Crippen molar-refractivity contribution in [1.82, 2.24) is 4.57 Å². The van der Waals surface area contributed by atoms with Crippen LogP contribution in [-0.4, -0.2) is 9.67 Å². The van der Waals surface area contributed by atoms with Gasteiger partial charge in [0.2, 0.25) is 0 Å². The number of halogens is 1. The number of hydrogen-bond donors (Lipinski definition) is 1. The number of nitrogens with zero attached hydrogens (tertiary/aromatic N) is 1. The number of aryl methyl sites for hydroxylation is 1. The molecule has 1 aromatic heterocycles. The first-order chi connectivity index (χ1) is 9.63. The van der Waals surface area contributed by atoms with Crippen molar-refractivity contribution in [3.63, 3.8) is 0 Å². The number of phenolic OH excluding ortho intramolecular Hbond substituents is 1. The smallest absolute Gasteiger partial charge is 0.128 e. The number of benzene rings is 2. The second kappa shape index (κ2) is 5.10. The number of ether oxygens (including phenoxy) is 1. The maximum absolute atomic E-state index is 9.24. The first kappa shape index (κ1) is 12.9. The molecule has 0 aliphatic rings. The minimum absolute atomic E-state index is 0.233. The standard InChI is InChI=1S/C16H14ClNO2/c1-18-13(8-11-2-3-12(17)9-16(11)18)10-20-15-6-4-14(19)5-7-15/h2-9,19H,10H2,1H3. The Morgan fingerprint density at radius 2 is 1.85 bits per heavy atom. The van der Waals surface area contributed by atoms with Gasteiger partial charge in [-0.15, -0.1) is 0 Å². The molecule has 0 bridgehead atoms. The lowest BCUT2D eigenvalue weighted by Crippen LogP contribution is -2.01. The molecule has 0 unspecified atom stereocenters. The Morgan fingerprint density at radius 3 is 2.60 bits per heavy atom. The number of fused-ring (bicyclic) bond motifs is 1. The molecule has 3 aromatic rings. The van der Waals surface area contributed by atoms with Crippen LogP contribution in [0.5, 0.6) is 11.5 Å². The molecule has 0 amide bonds. The SMILES string of the molecule is Cn1c(COc2ccc(O)cc2)cc2ccc(Cl)cc21. The third kappa shape index (κ3) is 2.45. The van der Waals surface area contributed by atoms with Gasteiger partial charge in [0.15, 0.2) is 0 Å². The van der Waals surface area contributed by atoms with E-state index in [4.69, 9.17) is 16.3 Å². The van der Waals surface area contributed by atoms with Gasteiger partial charge in [-0.2, -0.15) is 0 Å². The van der Waals surface area contributed by atoms with Gasteiger partial charge in [-0.05, 0) is 42.5 Å². The second-order valence-electron chi connectivity index (χ2n) is 4.68. The van der Waals surface area contributed by atoms with Crippen LogP contribution in [-0.2, 0) is 13.7 Å². The summed E-state index contributed by atoms with van der Waals surface area (Å²) in [6, 6.07) is 14.6.